The fourth-order valence-electron chi connectivity index (χ4n) is 4.86. The Morgan fingerprint density at radius 1 is 0.941 bits per heavy atom. The van der Waals surface area contributed by atoms with Gasteiger partial charge >= 0.3 is 0 Å². The number of nitro benzene ring substituents is 1. The maximum absolute atomic E-state index is 13.4. The smallest absolute Gasteiger partial charge is 0.272 e. The molecule has 0 bridgehead atoms. The highest BCUT2D eigenvalue weighted by atomic mass is 16.6. The molecule has 0 radical (unpaired) electrons. The molecule has 1 aliphatic heterocycles. The largest absolute Gasteiger partial charge is 0.493 e. The fourth-order valence-corrected chi connectivity index (χ4v) is 4.86. The summed E-state index contributed by atoms with van der Waals surface area (Å²) < 4.78 is 16.3. The van der Waals surface area contributed by atoms with Crippen LogP contribution >= 0.6 is 0 Å². The van der Waals surface area contributed by atoms with Gasteiger partial charge in [-0.15, -0.1) is 0 Å². The van der Waals surface area contributed by atoms with Crippen LogP contribution in [-0.2, 0) is 9.59 Å². The van der Waals surface area contributed by atoms with Gasteiger partial charge in [-0.25, -0.2) is 0 Å². The van der Waals surface area contributed by atoms with Crippen molar-refractivity contribution in [3.63, 3.8) is 0 Å². The number of Topliss-reactive ketones (excluding diaryl/α,β-unsaturated/α-hetero) is 1. The van der Waals surface area contributed by atoms with Crippen molar-refractivity contribution in [2.24, 2.45) is 0 Å². The van der Waals surface area contributed by atoms with Crippen molar-refractivity contribution in [2.75, 3.05) is 21.3 Å². The molecule has 0 fully saturated rings. The Balaban J connectivity index is 1.74. The van der Waals surface area contributed by atoms with E-state index in [2.05, 4.69) is 5.32 Å². The molecule has 2 aliphatic rings. The lowest BCUT2D eigenvalue weighted by Gasteiger charge is -2.34. The van der Waals surface area contributed by atoms with Gasteiger partial charge < -0.3 is 19.5 Å². The second-order valence-electron chi connectivity index (χ2n) is 8.49. The fraction of sp³-hybridized carbons (Fsp3) is 0.360. The first-order valence-electron chi connectivity index (χ1n) is 10.9. The Bertz CT molecular complexity index is 1190. The molecule has 0 aromatic heterocycles. The third-order valence-electron chi connectivity index (χ3n) is 6.53. The molecule has 2 atom stereocenters. The van der Waals surface area contributed by atoms with Crippen molar-refractivity contribution in [3.05, 3.63) is 68.4 Å². The first-order chi connectivity index (χ1) is 16.3. The van der Waals surface area contributed by atoms with Crippen LogP contribution in [0.1, 0.15) is 47.8 Å². The number of ether oxygens (including phenoxy) is 3. The number of nitrogens with one attached hydrogen (secondary N) is 1. The summed E-state index contributed by atoms with van der Waals surface area (Å²) in [7, 11) is 4.58. The lowest BCUT2D eigenvalue weighted by Crippen LogP contribution is -2.38. The summed E-state index contributed by atoms with van der Waals surface area (Å²) in [5.41, 5.74) is 3.03. The monoisotopic (exact) mass is 466 g/mol. The Kier molecular flexibility index (Phi) is 6.28. The molecule has 2 unspecified atom stereocenters. The van der Waals surface area contributed by atoms with Gasteiger partial charge in [-0.05, 0) is 42.5 Å². The van der Waals surface area contributed by atoms with E-state index < -0.39 is 10.8 Å². The molecule has 2 aromatic rings. The molecule has 1 amide bonds. The van der Waals surface area contributed by atoms with Gasteiger partial charge in [0.2, 0.25) is 11.7 Å². The average molecular weight is 466 g/mol. The molecule has 9 heteroatoms. The van der Waals surface area contributed by atoms with E-state index in [-0.39, 0.29) is 36.1 Å². The van der Waals surface area contributed by atoms with Crippen molar-refractivity contribution >= 4 is 17.4 Å². The number of nitro groups is 1. The van der Waals surface area contributed by atoms with Crippen molar-refractivity contribution < 1.29 is 28.7 Å². The normalized spacial score (nSPS) is 19.9. The predicted octanol–water partition coefficient (Wildman–Crippen LogP) is 3.93. The number of nitrogens with zero attached hydrogens (tertiary/aromatic N) is 1. The van der Waals surface area contributed by atoms with Gasteiger partial charge in [0.05, 0.1) is 26.3 Å². The number of aryl methyl sites for hydroxylation is 1. The summed E-state index contributed by atoms with van der Waals surface area (Å²) in [5, 5.41) is 14.3. The van der Waals surface area contributed by atoms with Crippen molar-refractivity contribution in [2.45, 2.75) is 38.0 Å². The standard InChI is InChI=1S/C25H26N2O7/c1-13-5-6-14(8-19(13)27(30)31)17-12-23(29)26-18-7-15(9-20(28)24(17)18)16-10-21(32-2)25(34-4)22(11-16)33-3/h5-6,8,10-11,15,17H,7,9,12H2,1-4H3,(H,26,29). The SMILES string of the molecule is COc1cc(C2CC(=O)C3=C(C2)NC(=O)CC3c2ccc(C)c([N+](=O)[O-])c2)cc(OC)c1OC. The number of amides is 1. The highest BCUT2D eigenvalue weighted by molar-refractivity contribution is 6.02. The number of ketones is 1. The van der Waals surface area contributed by atoms with Crippen LogP contribution in [0.4, 0.5) is 5.69 Å². The quantitative estimate of drug-likeness (QED) is 0.506. The molecular formula is C25H26N2O7. The van der Waals surface area contributed by atoms with Crippen LogP contribution in [-0.4, -0.2) is 37.9 Å². The highest BCUT2D eigenvalue weighted by Crippen LogP contribution is 2.46. The third kappa shape index (κ3) is 4.09. The molecule has 0 spiro atoms. The lowest BCUT2D eigenvalue weighted by molar-refractivity contribution is -0.385. The minimum Gasteiger partial charge on any atom is -0.493 e. The van der Waals surface area contributed by atoms with Crippen LogP contribution in [0.2, 0.25) is 0 Å². The molecule has 0 saturated heterocycles. The molecule has 1 heterocycles. The summed E-state index contributed by atoms with van der Waals surface area (Å²) in [6.07, 6.45) is 0.743. The summed E-state index contributed by atoms with van der Waals surface area (Å²) in [4.78, 5) is 37.0. The summed E-state index contributed by atoms with van der Waals surface area (Å²) in [6, 6.07) is 8.52. The van der Waals surface area contributed by atoms with Crippen LogP contribution < -0.4 is 19.5 Å². The number of hydrogen-bond donors (Lipinski definition) is 1. The molecular weight excluding hydrogens is 440 g/mol. The first kappa shape index (κ1) is 23.3. The van der Waals surface area contributed by atoms with Crippen LogP contribution in [0, 0.1) is 17.0 Å². The van der Waals surface area contributed by atoms with E-state index in [0.29, 0.717) is 46.1 Å². The molecule has 1 aliphatic carbocycles. The van der Waals surface area contributed by atoms with Gasteiger partial charge in [0, 0.05) is 41.7 Å². The van der Waals surface area contributed by atoms with Gasteiger partial charge in [0.25, 0.3) is 5.69 Å². The predicted molar refractivity (Wildman–Crippen MR) is 123 cm³/mol. The second kappa shape index (κ2) is 9.17. The second-order valence-corrected chi connectivity index (χ2v) is 8.49. The number of methoxy groups -OCH3 is 3. The van der Waals surface area contributed by atoms with E-state index in [4.69, 9.17) is 14.2 Å². The van der Waals surface area contributed by atoms with Crippen LogP contribution in [0.25, 0.3) is 0 Å². The van der Waals surface area contributed by atoms with E-state index >= 15 is 0 Å². The minimum atomic E-state index is -0.517. The topological polar surface area (TPSA) is 117 Å². The van der Waals surface area contributed by atoms with Crippen LogP contribution in [0.3, 0.4) is 0 Å². The van der Waals surface area contributed by atoms with E-state index in [1.54, 1.807) is 19.1 Å². The van der Waals surface area contributed by atoms with Gasteiger partial charge in [-0.3, -0.25) is 19.7 Å². The number of benzene rings is 2. The van der Waals surface area contributed by atoms with E-state index in [1.807, 2.05) is 12.1 Å². The molecule has 2 aromatic carbocycles. The Labute approximate surface area is 196 Å². The van der Waals surface area contributed by atoms with E-state index in [0.717, 1.165) is 5.56 Å². The zero-order valence-corrected chi connectivity index (χ0v) is 19.5. The first-order valence-corrected chi connectivity index (χ1v) is 10.9. The van der Waals surface area contributed by atoms with Gasteiger partial charge in [0.1, 0.15) is 0 Å². The molecule has 4 rings (SSSR count). The molecule has 178 valence electrons. The number of rotatable bonds is 6. The van der Waals surface area contributed by atoms with Gasteiger partial charge in [-0.1, -0.05) is 12.1 Å². The molecule has 0 saturated carbocycles. The average Bonchev–Trinajstić information content (AvgIpc) is 2.82. The van der Waals surface area contributed by atoms with Crippen molar-refractivity contribution in [1.29, 1.82) is 0 Å². The Morgan fingerprint density at radius 3 is 2.21 bits per heavy atom. The van der Waals surface area contributed by atoms with Crippen LogP contribution in [0.5, 0.6) is 17.2 Å². The highest BCUT2D eigenvalue weighted by Gasteiger charge is 2.39. The maximum Gasteiger partial charge on any atom is 0.272 e. The summed E-state index contributed by atoms with van der Waals surface area (Å²) in [6.45, 7) is 1.66. The molecule has 1 N–H and O–H groups in total. The third-order valence-corrected chi connectivity index (χ3v) is 6.53. The summed E-state index contributed by atoms with van der Waals surface area (Å²) in [5.74, 6) is 0.410. The van der Waals surface area contributed by atoms with E-state index in [1.165, 1.54) is 27.4 Å². The van der Waals surface area contributed by atoms with Crippen LogP contribution in [0.15, 0.2) is 41.6 Å². The number of hydrogen-bond acceptors (Lipinski definition) is 7. The zero-order chi connectivity index (χ0) is 24.6. The number of allylic oxidation sites excluding steroid dienone is 2. The minimum absolute atomic E-state index is 0.0239. The van der Waals surface area contributed by atoms with Crippen molar-refractivity contribution in [3.8, 4) is 17.2 Å². The molecule has 9 nitrogen and oxygen atoms in total. The lowest BCUT2D eigenvalue weighted by atomic mass is 9.73. The molecule has 34 heavy (non-hydrogen) atoms. The number of carbonyl (C=O) groups is 2. The van der Waals surface area contributed by atoms with Crippen molar-refractivity contribution in [1.82, 2.24) is 5.32 Å². The maximum atomic E-state index is 13.4. The van der Waals surface area contributed by atoms with Gasteiger partial charge in [0.15, 0.2) is 17.3 Å². The zero-order valence-electron chi connectivity index (χ0n) is 19.5. The van der Waals surface area contributed by atoms with Gasteiger partial charge in [-0.2, -0.15) is 0 Å². The number of carbonyl (C=O) groups excluding carboxylic acids is 2. The van der Waals surface area contributed by atoms with E-state index in [9.17, 15) is 19.7 Å². The summed E-state index contributed by atoms with van der Waals surface area (Å²) >= 11 is 0. The Hall–Kier alpha value is -3.88. The Morgan fingerprint density at radius 2 is 1.62 bits per heavy atom.